The van der Waals surface area contributed by atoms with Gasteiger partial charge in [0.1, 0.15) is 11.6 Å². The van der Waals surface area contributed by atoms with E-state index in [1.807, 2.05) is 28.0 Å². The van der Waals surface area contributed by atoms with Crippen LogP contribution in [0.15, 0.2) is 82.8 Å². The second-order valence-electron chi connectivity index (χ2n) is 13.0. The highest BCUT2D eigenvalue weighted by atomic mass is 79.9. The van der Waals surface area contributed by atoms with Gasteiger partial charge in [0.25, 0.3) is 5.91 Å². The number of nitrogens with zero attached hydrogens (tertiary/aromatic N) is 2. The number of carbonyl (C=O) groups excluding carboxylic acids is 3. The monoisotopic (exact) mass is 716 g/mol. The van der Waals surface area contributed by atoms with Crippen LogP contribution in [0.1, 0.15) is 61.6 Å². The van der Waals surface area contributed by atoms with E-state index in [1.165, 1.54) is 12.1 Å². The van der Waals surface area contributed by atoms with Crippen molar-refractivity contribution in [1.82, 2.24) is 15.1 Å². The molecule has 10 heteroatoms. The number of benzene rings is 3. The van der Waals surface area contributed by atoms with Crippen molar-refractivity contribution >= 4 is 39.2 Å². The highest BCUT2D eigenvalue weighted by Crippen LogP contribution is 2.37. The van der Waals surface area contributed by atoms with Crippen molar-refractivity contribution in [1.29, 1.82) is 0 Å². The topological polar surface area (TPSA) is 105 Å². The number of amides is 3. The van der Waals surface area contributed by atoms with Crippen LogP contribution in [-0.2, 0) is 27.3 Å². The lowest BCUT2D eigenvalue weighted by Crippen LogP contribution is -2.62. The molecule has 3 aliphatic rings. The Hall–Kier alpha value is -4.02. The fourth-order valence-electron chi connectivity index (χ4n) is 6.75. The van der Waals surface area contributed by atoms with Crippen molar-refractivity contribution in [2.45, 2.75) is 76.0 Å². The molecule has 6 rings (SSSR count). The maximum Gasteiger partial charge on any atom is 0.252 e. The van der Waals surface area contributed by atoms with E-state index in [1.54, 1.807) is 6.07 Å². The summed E-state index contributed by atoms with van der Waals surface area (Å²) in [6.07, 6.45) is 5.03. The Morgan fingerprint density at radius 3 is 2.46 bits per heavy atom. The van der Waals surface area contributed by atoms with Gasteiger partial charge in [-0.2, -0.15) is 0 Å². The maximum absolute atomic E-state index is 14.6. The molecule has 2 bridgehead atoms. The van der Waals surface area contributed by atoms with Crippen LogP contribution in [0.5, 0.6) is 5.75 Å². The average Bonchev–Trinajstić information content (AvgIpc) is 3.92. The van der Waals surface area contributed by atoms with Crippen molar-refractivity contribution in [3.63, 3.8) is 0 Å². The van der Waals surface area contributed by atoms with Crippen LogP contribution in [0, 0.1) is 5.82 Å². The van der Waals surface area contributed by atoms with Crippen LogP contribution < -0.4 is 15.8 Å². The van der Waals surface area contributed by atoms with Gasteiger partial charge >= 0.3 is 0 Å². The Morgan fingerprint density at radius 1 is 0.958 bits per heavy atom. The minimum Gasteiger partial charge on any atom is -0.492 e. The van der Waals surface area contributed by atoms with Crippen LogP contribution in [0.25, 0.3) is 5.57 Å². The van der Waals surface area contributed by atoms with E-state index >= 15 is 0 Å². The van der Waals surface area contributed by atoms with Gasteiger partial charge in [-0.3, -0.25) is 14.4 Å². The van der Waals surface area contributed by atoms with Crippen LogP contribution in [0.3, 0.4) is 0 Å². The lowest BCUT2D eigenvalue weighted by Gasteiger charge is -2.45. The van der Waals surface area contributed by atoms with Gasteiger partial charge in [-0.25, -0.2) is 4.39 Å². The molecule has 2 aliphatic heterocycles. The van der Waals surface area contributed by atoms with Gasteiger partial charge in [-0.15, -0.1) is 0 Å². The van der Waals surface area contributed by atoms with Gasteiger partial charge < -0.3 is 25.6 Å². The third-order valence-electron chi connectivity index (χ3n) is 9.31. The van der Waals surface area contributed by atoms with E-state index in [2.05, 4.69) is 57.6 Å². The number of halogens is 2. The van der Waals surface area contributed by atoms with E-state index in [-0.39, 0.29) is 48.6 Å². The quantitative estimate of drug-likeness (QED) is 0.206. The first-order chi connectivity index (χ1) is 23.2. The van der Waals surface area contributed by atoms with Gasteiger partial charge in [-0.1, -0.05) is 54.6 Å². The second kappa shape index (κ2) is 15.5. The lowest BCUT2D eigenvalue weighted by molar-refractivity contribution is -0.134. The summed E-state index contributed by atoms with van der Waals surface area (Å²) in [4.78, 5) is 42.9. The molecule has 0 aromatic heterocycles. The normalized spacial score (nSPS) is 18.8. The van der Waals surface area contributed by atoms with Crippen molar-refractivity contribution in [2.75, 3.05) is 19.7 Å². The number of nitrogens with two attached hydrogens (primary N) is 1. The maximum atomic E-state index is 14.6. The van der Waals surface area contributed by atoms with Gasteiger partial charge in [0.15, 0.2) is 0 Å². The molecule has 3 N–H and O–H groups in total. The summed E-state index contributed by atoms with van der Waals surface area (Å²) in [7, 11) is 0. The predicted molar refractivity (Wildman–Crippen MR) is 186 cm³/mol. The Kier molecular flexibility index (Phi) is 10.9. The van der Waals surface area contributed by atoms with E-state index < -0.39 is 5.91 Å². The van der Waals surface area contributed by atoms with Gasteiger partial charge in [0.05, 0.1) is 17.1 Å². The van der Waals surface area contributed by atoms with Gasteiger partial charge in [-0.05, 0) is 88.9 Å². The fourth-order valence-corrected chi connectivity index (χ4v) is 7.11. The first-order valence-corrected chi connectivity index (χ1v) is 17.6. The molecule has 2 unspecified atom stereocenters. The number of hydrogen-bond donors (Lipinski definition) is 2. The van der Waals surface area contributed by atoms with Crippen LogP contribution in [-0.4, -0.2) is 65.3 Å². The first-order valence-electron chi connectivity index (χ1n) is 16.8. The summed E-state index contributed by atoms with van der Waals surface area (Å²) in [6.45, 7) is 1.95. The van der Waals surface area contributed by atoms with E-state index in [0.29, 0.717) is 44.8 Å². The molecule has 8 nitrogen and oxygen atoms in total. The summed E-state index contributed by atoms with van der Waals surface area (Å²) in [5.41, 5.74) is 10.3. The van der Waals surface area contributed by atoms with Gasteiger partial charge in [0, 0.05) is 56.2 Å². The minimum atomic E-state index is -0.407. The lowest BCUT2D eigenvalue weighted by atomic mass is 9.82. The zero-order valence-electron chi connectivity index (χ0n) is 27.0. The molecule has 2 heterocycles. The Balaban J connectivity index is 1.21. The third-order valence-corrected chi connectivity index (χ3v) is 9.96. The van der Waals surface area contributed by atoms with Crippen LogP contribution in [0.2, 0.25) is 0 Å². The molecule has 1 saturated carbocycles. The molecule has 1 aliphatic carbocycles. The number of carbonyl (C=O) groups is 3. The number of rotatable bonds is 14. The third kappa shape index (κ3) is 8.52. The largest absolute Gasteiger partial charge is 0.492 e. The predicted octanol–water partition coefficient (Wildman–Crippen LogP) is 5.77. The summed E-state index contributed by atoms with van der Waals surface area (Å²) < 4.78 is 20.1. The van der Waals surface area contributed by atoms with Crippen LogP contribution >= 0.6 is 15.9 Å². The van der Waals surface area contributed by atoms with Crippen molar-refractivity contribution < 1.29 is 23.5 Å². The SMILES string of the molecule is NC(=O)CCCC(=O)N1CC2CC(c3ccc(CCCOc4cc(F)ccc4Br)cc3)=C(C(=O)N(Cc3ccccc3)C3CC3)C(C1)N2. The molecular formula is C38H42BrFN4O4. The number of ether oxygens (including phenoxy) is 1. The summed E-state index contributed by atoms with van der Waals surface area (Å²) in [5, 5.41) is 3.67. The molecule has 252 valence electrons. The van der Waals surface area contributed by atoms with E-state index in [0.717, 1.165) is 58.0 Å². The van der Waals surface area contributed by atoms with Crippen LogP contribution in [0.4, 0.5) is 4.39 Å². The highest BCUT2D eigenvalue weighted by molar-refractivity contribution is 9.10. The fraction of sp³-hybridized carbons (Fsp3) is 0.395. The zero-order valence-corrected chi connectivity index (χ0v) is 28.6. The van der Waals surface area contributed by atoms with Crippen molar-refractivity contribution in [3.05, 3.63) is 105 Å². The Bertz CT molecular complexity index is 1660. The van der Waals surface area contributed by atoms with Gasteiger partial charge in [0.2, 0.25) is 11.8 Å². The molecular weight excluding hydrogens is 675 g/mol. The highest BCUT2D eigenvalue weighted by Gasteiger charge is 2.43. The molecule has 3 aromatic carbocycles. The summed E-state index contributed by atoms with van der Waals surface area (Å²) in [5.74, 6) is -0.234. The molecule has 48 heavy (non-hydrogen) atoms. The summed E-state index contributed by atoms with van der Waals surface area (Å²) >= 11 is 3.41. The minimum absolute atomic E-state index is 0.00979. The molecule has 0 radical (unpaired) electrons. The molecule has 3 amide bonds. The molecule has 2 fully saturated rings. The van der Waals surface area contributed by atoms with Crippen molar-refractivity contribution in [3.8, 4) is 5.75 Å². The Labute approximate surface area is 289 Å². The average molecular weight is 718 g/mol. The number of piperazine rings is 1. The molecule has 0 spiro atoms. The number of hydrogen-bond acceptors (Lipinski definition) is 5. The second-order valence-corrected chi connectivity index (χ2v) is 13.9. The molecule has 3 aromatic rings. The smallest absolute Gasteiger partial charge is 0.252 e. The first kappa shape index (κ1) is 33.9. The van der Waals surface area contributed by atoms with E-state index in [9.17, 15) is 18.8 Å². The molecule has 2 atom stereocenters. The zero-order chi connectivity index (χ0) is 33.6. The Morgan fingerprint density at radius 2 is 1.73 bits per heavy atom. The number of fused-ring (bicyclic) bond motifs is 2. The number of nitrogens with one attached hydrogen (secondary N) is 1. The number of primary amides is 1. The summed E-state index contributed by atoms with van der Waals surface area (Å²) in [6, 6.07) is 22.8. The molecule has 1 saturated heterocycles. The van der Waals surface area contributed by atoms with Crippen molar-refractivity contribution in [2.24, 2.45) is 5.73 Å². The standard InChI is InChI=1S/C38H42BrFN4O4/c39-32-18-15-28(40)20-34(32)48-19-5-8-25-11-13-27(14-12-25)31-21-29-23-43(36(46)10-4-9-35(41)45)24-33(42-29)37(31)38(47)44(30-16-17-30)22-26-6-2-1-3-7-26/h1-3,6-7,11-15,18,20,29-30,33,42H,4-5,8-10,16-17,19,21-24H2,(H2,41,45). The number of aryl methyl sites for hydroxylation is 1. The van der Waals surface area contributed by atoms with E-state index in [4.69, 9.17) is 10.5 Å².